The number of hydrogen-bond donors (Lipinski definition) is 2. The highest BCUT2D eigenvalue weighted by molar-refractivity contribution is 4.77. The van der Waals surface area contributed by atoms with Gasteiger partial charge in [0, 0.05) is 19.1 Å². The molecular weight excluding hydrogens is 200 g/mol. The lowest BCUT2D eigenvalue weighted by molar-refractivity contribution is 0.182. The smallest absolute Gasteiger partial charge is 0.0558 e. The molecule has 0 aromatic heterocycles. The molecule has 1 atom stereocenters. The first-order valence-corrected chi connectivity index (χ1v) is 6.93. The van der Waals surface area contributed by atoms with Gasteiger partial charge >= 0.3 is 0 Å². The molecule has 0 aromatic carbocycles. The van der Waals surface area contributed by atoms with Crippen molar-refractivity contribution in [1.82, 2.24) is 10.2 Å². The average molecular weight is 228 g/mol. The van der Waals surface area contributed by atoms with E-state index in [9.17, 15) is 0 Å². The summed E-state index contributed by atoms with van der Waals surface area (Å²) in [6.45, 7) is 6.82. The van der Waals surface area contributed by atoms with E-state index in [0.717, 1.165) is 19.6 Å². The van der Waals surface area contributed by atoms with Gasteiger partial charge < -0.3 is 10.4 Å². The van der Waals surface area contributed by atoms with Crippen molar-refractivity contribution in [3.8, 4) is 0 Å². The number of unbranched alkanes of at least 4 members (excludes halogenated alkanes) is 3. The summed E-state index contributed by atoms with van der Waals surface area (Å²) in [5.41, 5.74) is 0. The van der Waals surface area contributed by atoms with Gasteiger partial charge in [0.15, 0.2) is 0 Å². The zero-order valence-electron chi connectivity index (χ0n) is 10.7. The third-order valence-corrected chi connectivity index (χ3v) is 3.39. The second-order valence-corrected chi connectivity index (χ2v) is 4.88. The molecular formula is C13H28N2O. The van der Waals surface area contributed by atoms with Crippen LogP contribution in [-0.4, -0.2) is 48.8 Å². The molecule has 2 N–H and O–H groups in total. The first-order chi connectivity index (χ1) is 7.86. The molecule has 1 aliphatic heterocycles. The van der Waals surface area contributed by atoms with E-state index in [1.807, 2.05) is 0 Å². The van der Waals surface area contributed by atoms with Gasteiger partial charge in [-0.3, -0.25) is 4.90 Å². The van der Waals surface area contributed by atoms with Crippen LogP contribution in [0.4, 0.5) is 0 Å². The average Bonchev–Trinajstić information content (AvgIpc) is 2.77. The number of nitrogens with zero attached hydrogens (tertiary/aromatic N) is 1. The lowest BCUT2D eigenvalue weighted by Gasteiger charge is -2.24. The van der Waals surface area contributed by atoms with E-state index in [2.05, 4.69) is 17.1 Å². The second-order valence-electron chi connectivity index (χ2n) is 4.88. The van der Waals surface area contributed by atoms with Crippen LogP contribution < -0.4 is 5.32 Å². The van der Waals surface area contributed by atoms with Crippen molar-refractivity contribution in [3.05, 3.63) is 0 Å². The Bertz CT molecular complexity index is 158. The Balaban J connectivity index is 2.12. The summed E-state index contributed by atoms with van der Waals surface area (Å²) in [6.07, 6.45) is 7.86. The largest absolute Gasteiger partial charge is 0.395 e. The summed E-state index contributed by atoms with van der Waals surface area (Å²) in [5.74, 6) is 0. The molecule has 0 saturated carbocycles. The predicted octanol–water partition coefficient (Wildman–Crippen LogP) is 1.61. The maximum absolute atomic E-state index is 9.05. The van der Waals surface area contributed by atoms with Gasteiger partial charge in [-0.05, 0) is 32.4 Å². The van der Waals surface area contributed by atoms with Gasteiger partial charge in [-0.1, -0.05) is 26.2 Å². The first kappa shape index (κ1) is 13.9. The molecule has 1 aliphatic rings. The number of rotatable bonds is 9. The van der Waals surface area contributed by atoms with Crippen molar-refractivity contribution in [3.63, 3.8) is 0 Å². The van der Waals surface area contributed by atoms with Crippen molar-refractivity contribution in [2.24, 2.45) is 0 Å². The van der Waals surface area contributed by atoms with Crippen LogP contribution in [0.1, 0.15) is 45.4 Å². The summed E-state index contributed by atoms with van der Waals surface area (Å²) < 4.78 is 0. The SMILES string of the molecule is CCCCCCN(CCO)CC1CCCN1. The maximum atomic E-state index is 9.05. The monoisotopic (exact) mass is 228 g/mol. The van der Waals surface area contributed by atoms with E-state index in [-0.39, 0.29) is 0 Å². The second kappa shape index (κ2) is 8.97. The van der Waals surface area contributed by atoms with E-state index < -0.39 is 0 Å². The van der Waals surface area contributed by atoms with Gasteiger partial charge in [0.25, 0.3) is 0 Å². The zero-order valence-corrected chi connectivity index (χ0v) is 10.7. The van der Waals surface area contributed by atoms with Gasteiger partial charge in [0.2, 0.25) is 0 Å². The highest BCUT2D eigenvalue weighted by Crippen LogP contribution is 2.08. The molecule has 1 fully saturated rings. The lowest BCUT2D eigenvalue weighted by Crippen LogP contribution is -2.39. The number of aliphatic hydroxyl groups is 1. The Hall–Kier alpha value is -0.120. The lowest BCUT2D eigenvalue weighted by atomic mass is 10.1. The van der Waals surface area contributed by atoms with Gasteiger partial charge in [0.05, 0.1) is 6.61 Å². The molecule has 0 amide bonds. The van der Waals surface area contributed by atoms with Gasteiger partial charge in [-0.25, -0.2) is 0 Å². The minimum atomic E-state index is 0.292. The fraction of sp³-hybridized carbons (Fsp3) is 1.00. The molecule has 0 radical (unpaired) electrons. The Morgan fingerprint density at radius 3 is 2.75 bits per heavy atom. The molecule has 16 heavy (non-hydrogen) atoms. The molecule has 1 rings (SSSR count). The molecule has 96 valence electrons. The molecule has 0 aromatic rings. The molecule has 1 heterocycles. The van der Waals surface area contributed by atoms with E-state index in [0.29, 0.717) is 12.6 Å². The van der Waals surface area contributed by atoms with E-state index in [1.54, 1.807) is 0 Å². The number of hydrogen-bond acceptors (Lipinski definition) is 3. The van der Waals surface area contributed by atoms with Crippen LogP contribution in [0.25, 0.3) is 0 Å². The number of aliphatic hydroxyl groups excluding tert-OH is 1. The minimum absolute atomic E-state index is 0.292. The normalized spacial score (nSPS) is 20.8. The third kappa shape index (κ3) is 5.83. The predicted molar refractivity (Wildman–Crippen MR) is 68.7 cm³/mol. The number of nitrogens with one attached hydrogen (secondary N) is 1. The Morgan fingerprint density at radius 2 is 2.12 bits per heavy atom. The van der Waals surface area contributed by atoms with Gasteiger partial charge in [0.1, 0.15) is 0 Å². The van der Waals surface area contributed by atoms with E-state index in [1.165, 1.54) is 45.1 Å². The van der Waals surface area contributed by atoms with Crippen LogP contribution in [0, 0.1) is 0 Å². The van der Waals surface area contributed by atoms with Crippen LogP contribution in [0.3, 0.4) is 0 Å². The molecule has 0 bridgehead atoms. The van der Waals surface area contributed by atoms with Crippen molar-refractivity contribution >= 4 is 0 Å². The van der Waals surface area contributed by atoms with Crippen molar-refractivity contribution in [1.29, 1.82) is 0 Å². The van der Waals surface area contributed by atoms with Crippen LogP contribution >= 0.6 is 0 Å². The van der Waals surface area contributed by atoms with Crippen LogP contribution in [-0.2, 0) is 0 Å². The van der Waals surface area contributed by atoms with Crippen LogP contribution in [0.2, 0.25) is 0 Å². The van der Waals surface area contributed by atoms with Crippen LogP contribution in [0.15, 0.2) is 0 Å². The van der Waals surface area contributed by atoms with E-state index >= 15 is 0 Å². The van der Waals surface area contributed by atoms with Gasteiger partial charge in [-0.2, -0.15) is 0 Å². The van der Waals surface area contributed by atoms with Crippen LogP contribution in [0.5, 0.6) is 0 Å². The first-order valence-electron chi connectivity index (χ1n) is 6.93. The molecule has 0 aliphatic carbocycles. The minimum Gasteiger partial charge on any atom is -0.395 e. The Kier molecular flexibility index (Phi) is 7.81. The highest BCUT2D eigenvalue weighted by Gasteiger charge is 2.17. The highest BCUT2D eigenvalue weighted by atomic mass is 16.3. The Labute approximate surface area is 100 Å². The van der Waals surface area contributed by atoms with Crippen molar-refractivity contribution < 1.29 is 5.11 Å². The summed E-state index contributed by atoms with van der Waals surface area (Å²) in [5, 5.41) is 12.6. The quantitative estimate of drug-likeness (QED) is 0.589. The Morgan fingerprint density at radius 1 is 1.25 bits per heavy atom. The zero-order chi connectivity index (χ0) is 11.6. The summed E-state index contributed by atoms with van der Waals surface area (Å²) in [4.78, 5) is 2.42. The van der Waals surface area contributed by atoms with Crippen molar-refractivity contribution in [2.75, 3.05) is 32.8 Å². The standard InChI is InChI=1S/C13H28N2O/c1-2-3-4-5-9-15(10-11-16)12-13-7-6-8-14-13/h13-14,16H,2-12H2,1H3. The topological polar surface area (TPSA) is 35.5 Å². The molecule has 0 spiro atoms. The maximum Gasteiger partial charge on any atom is 0.0558 e. The summed E-state index contributed by atoms with van der Waals surface area (Å²) in [7, 11) is 0. The van der Waals surface area contributed by atoms with Gasteiger partial charge in [-0.15, -0.1) is 0 Å². The molecule has 1 unspecified atom stereocenters. The summed E-state index contributed by atoms with van der Waals surface area (Å²) >= 11 is 0. The molecule has 1 saturated heterocycles. The fourth-order valence-electron chi connectivity index (χ4n) is 2.42. The van der Waals surface area contributed by atoms with E-state index in [4.69, 9.17) is 5.11 Å². The summed E-state index contributed by atoms with van der Waals surface area (Å²) in [6, 6.07) is 0.665. The third-order valence-electron chi connectivity index (χ3n) is 3.39. The molecule has 3 heteroatoms. The van der Waals surface area contributed by atoms with Crippen molar-refractivity contribution in [2.45, 2.75) is 51.5 Å². The molecule has 3 nitrogen and oxygen atoms in total. The fourth-order valence-corrected chi connectivity index (χ4v) is 2.42.